The van der Waals surface area contributed by atoms with E-state index in [1.807, 2.05) is 12.2 Å². The van der Waals surface area contributed by atoms with Gasteiger partial charge in [-0.25, -0.2) is 0 Å². The first-order valence-corrected chi connectivity index (χ1v) is 5.49. The van der Waals surface area contributed by atoms with Crippen molar-refractivity contribution in [2.45, 2.75) is 26.7 Å². The molecule has 0 aromatic heterocycles. The van der Waals surface area contributed by atoms with Gasteiger partial charge in [0.05, 0.1) is 0 Å². The number of aryl methyl sites for hydroxylation is 1. The number of hydrogen-bond acceptors (Lipinski definition) is 0. The minimum Gasteiger partial charge on any atom is -0.103 e. The van der Waals surface area contributed by atoms with Crippen LogP contribution in [0.3, 0.4) is 0 Å². The predicted octanol–water partition coefficient (Wildman–Crippen LogP) is 4.09. The van der Waals surface area contributed by atoms with Crippen molar-refractivity contribution < 1.29 is 0 Å². The van der Waals surface area contributed by atoms with Crippen LogP contribution in [0, 0.1) is 12.8 Å². The summed E-state index contributed by atoms with van der Waals surface area (Å²) in [6.07, 6.45) is 6.01. The minimum atomic E-state index is 0.546. The van der Waals surface area contributed by atoms with Crippen LogP contribution < -0.4 is 0 Å². The van der Waals surface area contributed by atoms with E-state index in [9.17, 15) is 0 Å². The third-order valence-corrected chi connectivity index (χ3v) is 2.74. The lowest BCUT2D eigenvalue weighted by molar-refractivity contribution is 0.724. The molecule has 0 aliphatic rings. The topological polar surface area (TPSA) is 0 Å². The molecule has 0 nitrogen and oxygen atoms in total. The monoisotopic (exact) mass is 200 g/mol. The number of benzene rings is 1. The average Bonchev–Trinajstić information content (AvgIpc) is 2.23. The fourth-order valence-corrected chi connectivity index (χ4v) is 1.68. The highest BCUT2D eigenvalue weighted by Gasteiger charge is 2.02. The van der Waals surface area contributed by atoms with Crippen molar-refractivity contribution in [1.29, 1.82) is 0 Å². The normalized spacial score (nSPS) is 12.1. The van der Waals surface area contributed by atoms with E-state index in [1.54, 1.807) is 0 Å². The zero-order valence-corrected chi connectivity index (χ0v) is 9.79. The third kappa shape index (κ3) is 3.39. The predicted molar refractivity (Wildman–Crippen MR) is 68.1 cm³/mol. The van der Waals surface area contributed by atoms with Crippen molar-refractivity contribution in [3.8, 4) is 0 Å². The summed E-state index contributed by atoms with van der Waals surface area (Å²) < 4.78 is 0. The molecule has 0 radical (unpaired) electrons. The molecule has 1 unspecified atom stereocenters. The summed E-state index contributed by atoms with van der Waals surface area (Å²) in [6.45, 7) is 12.0. The van der Waals surface area contributed by atoms with Crippen molar-refractivity contribution in [2.75, 3.05) is 0 Å². The summed E-state index contributed by atoms with van der Waals surface area (Å²) in [7, 11) is 0. The van der Waals surface area contributed by atoms with E-state index in [4.69, 9.17) is 0 Å². The number of allylic oxidation sites excluding steroid dienone is 2. The SMILES string of the molecule is C=CCc1cc(CC(C)C=C)ccc1C. The number of rotatable bonds is 5. The molecular weight excluding hydrogens is 180 g/mol. The molecular formula is C15H20. The Morgan fingerprint density at radius 1 is 1.33 bits per heavy atom. The van der Waals surface area contributed by atoms with Gasteiger partial charge in [0.25, 0.3) is 0 Å². The summed E-state index contributed by atoms with van der Waals surface area (Å²) in [5.74, 6) is 0.546. The molecule has 0 spiro atoms. The molecule has 0 saturated carbocycles. The quantitative estimate of drug-likeness (QED) is 0.628. The molecule has 0 saturated heterocycles. The molecule has 1 rings (SSSR count). The summed E-state index contributed by atoms with van der Waals surface area (Å²) in [5.41, 5.74) is 4.13. The summed E-state index contributed by atoms with van der Waals surface area (Å²) in [4.78, 5) is 0. The Morgan fingerprint density at radius 2 is 2.07 bits per heavy atom. The van der Waals surface area contributed by atoms with Gasteiger partial charge in [-0.05, 0) is 42.4 Å². The third-order valence-electron chi connectivity index (χ3n) is 2.74. The molecule has 1 aromatic rings. The molecule has 1 atom stereocenters. The minimum absolute atomic E-state index is 0.546. The lowest BCUT2D eigenvalue weighted by atomic mass is 9.96. The van der Waals surface area contributed by atoms with E-state index >= 15 is 0 Å². The van der Waals surface area contributed by atoms with E-state index in [0.717, 1.165) is 12.8 Å². The second kappa shape index (κ2) is 5.55. The molecule has 1 aromatic carbocycles. The van der Waals surface area contributed by atoms with E-state index in [0.29, 0.717) is 5.92 Å². The van der Waals surface area contributed by atoms with Crippen molar-refractivity contribution in [2.24, 2.45) is 5.92 Å². The molecule has 0 aliphatic carbocycles. The Kier molecular flexibility index (Phi) is 4.36. The Labute approximate surface area is 93.3 Å². The molecule has 0 N–H and O–H groups in total. The van der Waals surface area contributed by atoms with Crippen LogP contribution in [-0.4, -0.2) is 0 Å². The van der Waals surface area contributed by atoms with E-state index in [1.165, 1.54) is 16.7 Å². The fourth-order valence-electron chi connectivity index (χ4n) is 1.68. The molecule has 0 bridgehead atoms. The standard InChI is InChI=1S/C15H20/c1-5-7-15-11-14(9-8-13(15)4)10-12(3)6-2/h5-6,8-9,11-12H,1-2,7,10H2,3-4H3. The summed E-state index contributed by atoms with van der Waals surface area (Å²) in [5, 5.41) is 0. The second-order valence-electron chi connectivity index (χ2n) is 4.17. The lowest BCUT2D eigenvalue weighted by Crippen LogP contribution is -1.97. The van der Waals surface area contributed by atoms with Crippen LogP contribution in [0.25, 0.3) is 0 Å². The number of hydrogen-bond donors (Lipinski definition) is 0. The van der Waals surface area contributed by atoms with Gasteiger partial charge in [0, 0.05) is 0 Å². The molecule has 15 heavy (non-hydrogen) atoms. The van der Waals surface area contributed by atoms with Gasteiger partial charge in [-0.15, -0.1) is 13.2 Å². The van der Waals surface area contributed by atoms with Gasteiger partial charge in [0.2, 0.25) is 0 Å². The second-order valence-corrected chi connectivity index (χ2v) is 4.17. The molecule has 0 amide bonds. The highest BCUT2D eigenvalue weighted by molar-refractivity contribution is 5.32. The van der Waals surface area contributed by atoms with Gasteiger partial charge in [0.15, 0.2) is 0 Å². The molecule has 80 valence electrons. The van der Waals surface area contributed by atoms with Gasteiger partial charge in [-0.3, -0.25) is 0 Å². The maximum atomic E-state index is 3.82. The highest BCUT2D eigenvalue weighted by atomic mass is 14.1. The molecule has 0 heteroatoms. The maximum Gasteiger partial charge on any atom is -0.00974 e. The van der Waals surface area contributed by atoms with Gasteiger partial charge in [-0.2, -0.15) is 0 Å². The van der Waals surface area contributed by atoms with Crippen molar-refractivity contribution in [3.63, 3.8) is 0 Å². The van der Waals surface area contributed by atoms with Crippen LogP contribution in [-0.2, 0) is 12.8 Å². The van der Waals surface area contributed by atoms with Crippen LogP contribution in [0.15, 0.2) is 43.5 Å². The zero-order chi connectivity index (χ0) is 11.3. The first-order valence-electron chi connectivity index (χ1n) is 5.49. The van der Waals surface area contributed by atoms with E-state index in [2.05, 4.69) is 45.2 Å². The maximum absolute atomic E-state index is 3.82. The van der Waals surface area contributed by atoms with Crippen molar-refractivity contribution in [1.82, 2.24) is 0 Å². The molecule has 0 heterocycles. The Balaban J connectivity index is 2.86. The molecule has 0 fully saturated rings. The van der Waals surface area contributed by atoms with E-state index < -0.39 is 0 Å². The summed E-state index contributed by atoms with van der Waals surface area (Å²) in [6, 6.07) is 6.70. The van der Waals surface area contributed by atoms with Crippen LogP contribution >= 0.6 is 0 Å². The first-order chi connectivity index (χ1) is 7.17. The van der Waals surface area contributed by atoms with Gasteiger partial charge >= 0.3 is 0 Å². The largest absolute Gasteiger partial charge is 0.103 e. The highest BCUT2D eigenvalue weighted by Crippen LogP contribution is 2.15. The fraction of sp³-hybridized carbons (Fsp3) is 0.333. The van der Waals surface area contributed by atoms with Crippen LogP contribution in [0.4, 0.5) is 0 Å². The first kappa shape index (κ1) is 11.8. The Hall–Kier alpha value is -1.30. The van der Waals surface area contributed by atoms with Crippen molar-refractivity contribution in [3.05, 3.63) is 60.2 Å². The van der Waals surface area contributed by atoms with Crippen molar-refractivity contribution >= 4 is 0 Å². The Bertz CT molecular complexity index is 347. The van der Waals surface area contributed by atoms with Crippen LogP contribution in [0.1, 0.15) is 23.6 Å². The smallest absolute Gasteiger partial charge is 0.00974 e. The lowest BCUT2D eigenvalue weighted by Gasteiger charge is -2.09. The average molecular weight is 200 g/mol. The van der Waals surface area contributed by atoms with Crippen LogP contribution in [0.2, 0.25) is 0 Å². The zero-order valence-electron chi connectivity index (χ0n) is 9.79. The van der Waals surface area contributed by atoms with Crippen LogP contribution in [0.5, 0.6) is 0 Å². The van der Waals surface area contributed by atoms with Gasteiger partial charge in [0.1, 0.15) is 0 Å². The van der Waals surface area contributed by atoms with E-state index in [-0.39, 0.29) is 0 Å². The van der Waals surface area contributed by atoms with Gasteiger partial charge < -0.3 is 0 Å². The van der Waals surface area contributed by atoms with Gasteiger partial charge in [-0.1, -0.05) is 37.3 Å². The Morgan fingerprint density at radius 3 is 2.67 bits per heavy atom. The molecule has 0 aliphatic heterocycles. The summed E-state index contributed by atoms with van der Waals surface area (Å²) >= 11 is 0.